The molecule has 0 radical (unpaired) electrons. The molecule has 1 fully saturated rings. The van der Waals surface area contributed by atoms with Gasteiger partial charge < -0.3 is 10.5 Å². The Bertz CT molecular complexity index is 398. The van der Waals surface area contributed by atoms with Crippen LogP contribution < -0.4 is 10.5 Å². The zero-order valence-electron chi connectivity index (χ0n) is 11.8. The topological polar surface area (TPSA) is 35.2 Å². The molecule has 2 heteroatoms. The molecule has 1 aliphatic carbocycles. The fourth-order valence-electron chi connectivity index (χ4n) is 3.54. The minimum absolute atomic E-state index is 0.296. The van der Waals surface area contributed by atoms with Crippen LogP contribution in [-0.4, -0.2) is 12.6 Å². The molecule has 0 saturated heterocycles. The van der Waals surface area contributed by atoms with Gasteiger partial charge in [0.2, 0.25) is 0 Å². The number of ether oxygens (including phenoxy) is 1. The fourth-order valence-corrected chi connectivity index (χ4v) is 3.54. The number of benzene rings is 1. The quantitative estimate of drug-likeness (QED) is 0.861. The Hall–Kier alpha value is -1.02. The molecule has 1 aliphatic rings. The van der Waals surface area contributed by atoms with Gasteiger partial charge >= 0.3 is 0 Å². The zero-order chi connectivity index (χ0) is 13.2. The molecule has 2 N–H and O–H groups in total. The molecule has 1 aromatic rings. The van der Waals surface area contributed by atoms with E-state index in [4.69, 9.17) is 10.5 Å². The average Bonchev–Trinajstić information content (AvgIpc) is 2.38. The van der Waals surface area contributed by atoms with E-state index in [1.54, 1.807) is 0 Å². The molecule has 0 heterocycles. The highest BCUT2D eigenvalue weighted by molar-refractivity contribution is 5.35. The van der Waals surface area contributed by atoms with Crippen molar-refractivity contribution in [2.75, 3.05) is 6.61 Å². The van der Waals surface area contributed by atoms with Crippen LogP contribution in [0.2, 0.25) is 0 Å². The molecule has 2 unspecified atom stereocenters. The van der Waals surface area contributed by atoms with Crippen molar-refractivity contribution in [3.05, 3.63) is 29.8 Å². The Balaban J connectivity index is 2.24. The van der Waals surface area contributed by atoms with Gasteiger partial charge in [-0.25, -0.2) is 0 Å². The Morgan fingerprint density at radius 3 is 2.56 bits per heavy atom. The summed E-state index contributed by atoms with van der Waals surface area (Å²) in [6.07, 6.45) is 3.43. The van der Waals surface area contributed by atoms with Crippen LogP contribution >= 0.6 is 0 Å². The summed E-state index contributed by atoms with van der Waals surface area (Å²) in [5, 5.41) is 0. The third kappa shape index (κ3) is 2.03. The Kier molecular flexibility index (Phi) is 3.96. The van der Waals surface area contributed by atoms with Crippen LogP contribution in [0.25, 0.3) is 0 Å². The first-order valence-corrected chi connectivity index (χ1v) is 7.16. The van der Waals surface area contributed by atoms with E-state index in [0.717, 1.165) is 31.6 Å². The highest BCUT2D eigenvalue weighted by Crippen LogP contribution is 2.56. The first-order valence-electron chi connectivity index (χ1n) is 7.16. The molecule has 1 aromatic carbocycles. The molecule has 2 rings (SSSR count). The molecule has 18 heavy (non-hydrogen) atoms. The lowest BCUT2D eigenvalue weighted by molar-refractivity contribution is 0.0437. The van der Waals surface area contributed by atoms with Crippen molar-refractivity contribution < 1.29 is 4.74 Å². The second-order valence-electron chi connectivity index (χ2n) is 5.34. The monoisotopic (exact) mass is 247 g/mol. The third-order valence-electron chi connectivity index (χ3n) is 4.81. The van der Waals surface area contributed by atoms with Crippen LogP contribution in [0.5, 0.6) is 5.75 Å². The van der Waals surface area contributed by atoms with E-state index in [-0.39, 0.29) is 0 Å². The van der Waals surface area contributed by atoms with Gasteiger partial charge in [-0.2, -0.15) is 0 Å². The van der Waals surface area contributed by atoms with Crippen molar-refractivity contribution in [3.63, 3.8) is 0 Å². The molecule has 1 saturated carbocycles. The predicted octanol–water partition coefficient (Wildman–Crippen LogP) is 3.71. The van der Waals surface area contributed by atoms with E-state index in [0.29, 0.717) is 17.4 Å². The molecule has 2 nitrogen and oxygen atoms in total. The molecule has 0 spiro atoms. The molecule has 100 valence electrons. The van der Waals surface area contributed by atoms with Gasteiger partial charge in [0, 0.05) is 6.04 Å². The van der Waals surface area contributed by atoms with Gasteiger partial charge in [0.25, 0.3) is 0 Å². The van der Waals surface area contributed by atoms with E-state index < -0.39 is 0 Å². The van der Waals surface area contributed by atoms with Gasteiger partial charge in [0.1, 0.15) is 5.75 Å². The van der Waals surface area contributed by atoms with Crippen molar-refractivity contribution in [2.24, 2.45) is 11.1 Å². The SMILES string of the molecule is CCOc1cccc(C2CC(N)C2(CC)CC)c1. The number of hydrogen-bond donors (Lipinski definition) is 1. The summed E-state index contributed by atoms with van der Waals surface area (Å²) in [5.41, 5.74) is 7.96. The lowest BCUT2D eigenvalue weighted by Crippen LogP contribution is -2.55. The van der Waals surface area contributed by atoms with E-state index in [2.05, 4.69) is 32.0 Å². The first-order chi connectivity index (χ1) is 8.67. The summed E-state index contributed by atoms with van der Waals surface area (Å²) in [6.45, 7) is 7.28. The Labute approximate surface area is 111 Å². The highest BCUT2D eigenvalue weighted by Gasteiger charge is 2.51. The maximum atomic E-state index is 6.27. The molecule has 0 bridgehead atoms. The summed E-state index contributed by atoms with van der Waals surface area (Å²) in [6, 6.07) is 8.90. The maximum Gasteiger partial charge on any atom is 0.119 e. The lowest BCUT2D eigenvalue weighted by atomic mass is 9.52. The maximum absolute atomic E-state index is 6.27. The zero-order valence-corrected chi connectivity index (χ0v) is 11.8. The van der Waals surface area contributed by atoms with Crippen molar-refractivity contribution in [2.45, 2.75) is 52.0 Å². The standard InChI is InChI=1S/C16H25NO/c1-4-16(5-2)14(11-15(16)17)12-8-7-9-13(10-12)18-6-3/h7-10,14-15H,4-6,11,17H2,1-3H3. The van der Waals surface area contributed by atoms with Crippen LogP contribution in [0, 0.1) is 5.41 Å². The van der Waals surface area contributed by atoms with Gasteiger partial charge in [-0.05, 0) is 55.2 Å². The minimum Gasteiger partial charge on any atom is -0.494 e. The van der Waals surface area contributed by atoms with E-state index in [9.17, 15) is 0 Å². The molecule has 0 aliphatic heterocycles. The summed E-state index contributed by atoms with van der Waals surface area (Å²) >= 11 is 0. The summed E-state index contributed by atoms with van der Waals surface area (Å²) in [4.78, 5) is 0. The van der Waals surface area contributed by atoms with Crippen LogP contribution in [0.3, 0.4) is 0 Å². The number of hydrogen-bond acceptors (Lipinski definition) is 2. The molecule has 0 amide bonds. The average molecular weight is 247 g/mol. The number of rotatable bonds is 5. The summed E-state index contributed by atoms with van der Waals surface area (Å²) in [7, 11) is 0. The predicted molar refractivity (Wildman–Crippen MR) is 76.0 cm³/mol. The van der Waals surface area contributed by atoms with Crippen molar-refractivity contribution in [3.8, 4) is 5.75 Å². The first kappa shape index (κ1) is 13.4. The second kappa shape index (κ2) is 5.31. The summed E-state index contributed by atoms with van der Waals surface area (Å²) < 4.78 is 5.60. The minimum atomic E-state index is 0.296. The van der Waals surface area contributed by atoms with Gasteiger partial charge in [-0.15, -0.1) is 0 Å². The fraction of sp³-hybridized carbons (Fsp3) is 0.625. The van der Waals surface area contributed by atoms with Gasteiger partial charge in [-0.3, -0.25) is 0 Å². The Morgan fingerprint density at radius 1 is 1.28 bits per heavy atom. The molecular formula is C16H25NO. The van der Waals surface area contributed by atoms with Crippen LogP contribution in [-0.2, 0) is 0 Å². The summed E-state index contributed by atoms with van der Waals surface area (Å²) in [5.74, 6) is 1.58. The van der Waals surface area contributed by atoms with Crippen molar-refractivity contribution in [1.29, 1.82) is 0 Å². The largest absolute Gasteiger partial charge is 0.494 e. The van der Waals surface area contributed by atoms with E-state index in [1.165, 1.54) is 5.56 Å². The van der Waals surface area contributed by atoms with Crippen molar-refractivity contribution in [1.82, 2.24) is 0 Å². The van der Waals surface area contributed by atoms with E-state index in [1.807, 2.05) is 13.0 Å². The lowest BCUT2D eigenvalue weighted by Gasteiger charge is -2.55. The van der Waals surface area contributed by atoms with Crippen molar-refractivity contribution >= 4 is 0 Å². The van der Waals surface area contributed by atoms with Crippen LogP contribution in [0.15, 0.2) is 24.3 Å². The normalized spacial score (nSPS) is 25.6. The Morgan fingerprint density at radius 2 is 2.00 bits per heavy atom. The van der Waals surface area contributed by atoms with Gasteiger partial charge in [0.15, 0.2) is 0 Å². The van der Waals surface area contributed by atoms with Crippen LogP contribution in [0.1, 0.15) is 51.5 Å². The van der Waals surface area contributed by atoms with Gasteiger partial charge in [0.05, 0.1) is 6.61 Å². The second-order valence-corrected chi connectivity index (χ2v) is 5.34. The smallest absolute Gasteiger partial charge is 0.119 e. The van der Waals surface area contributed by atoms with E-state index >= 15 is 0 Å². The number of nitrogens with two attached hydrogens (primary N) is 1. The molecule has 0 aromatic heterocycles. The molecular weight excluding hydrogens is 222 g/mol. The van der Waals surface area contributed by atoms with Crippen LogP contribution in [0.4, 0.5) is 0 Å². The highest BCUT2D eigenvalue weighted by atomic mass is 16.5. The molecule has 2 atom stereocenters. The third-order valence-corrected chi connectivity index (χ3v) is 4.81. The van der Waals surface area contributed by atoms with Gasteiger partial charge in [-0.1, -0.05) is 26.0 Å².